The number of carbonyl (C=O) groups is 1. The molecular formula is C3H6O5S. The highest BCUT2D eigenvalue weighted by atomic mass is 32.2. The first-order chi connectivity index (χ1) is 4.04. The van der Waals surface area contributed by atoms with E-state index in [9.17, 15) is 9.00 Å². The molecule has 2 unspecified atom stereocenters. The zero-order valence-electron chi connectivity index (χ0n) is 4.60. The van der Waals surface area contributed by atoms with E-state index in [1.807, 2.05) is 0 Å². The second-order valence-electron chi connectivity index (χ2n) is 1.29. The zero-order chi connectivity index (χ0) is 7.44. The SMILES string of the molecule is CC(OS(=O)O)C(=O)O. The predicted molar refractivity (Wildman–Crippen MR) is 29.0 cm³/mol. The molecule has 0 fully saturated rings. The van der Waals surface area contributed by atoms with Crippen molar-refractivity contribution in [1.82, 2.24) is 0 Å². The highest BCUT2D eigenvalue weighted by Gasteiger charge is 2.13. The Kier molecular flexibility index (Phi) is 3.36. The van der Waals surface area contributed by atoms with Crippen molar-refractivity contribution in [3.8, 4) is 0 Å². The Morgan fingerprint density at radius 1 is 1.78 bits per heavy atom. The summed E-state index contributed by atoms with van der Waals surface area (Å²) in [5, 5.41) is 8.06. The minimum atomic E-state index is -2.50. The highest BCUT2D eigenvalue weighted by molar-refractivity contribution is 7.74. The molecule has 0 aliphatic carbocycles. The molecule has 6 heteroatoms. The molecule has 0 aromatic heterocycles. The van der Waals surface area contributed by atoms with Crippen LogP contribution < -0.4 is 0 Å². The third-order valence-electron chi connectivity index (χ3n) is 0.574. The van der Waals surface area contributed by atoms with Crippen molar-refractivity contribution in [2.75, 3.05) is 0 Å². The summed E-state index contributed by atoms with van der Waals surface area (Å²) in [4.78, 5) is 9.86. The van der Waals surface area contributed by atoms with Crippen LogP contribution in [-0.2, 0) is 20.3 Å². The molecule has 0 aromatic carbocycles. The summed E-state index contributed by atoms with van der Waals surface area (Å²) in [6.07, 6.45) is -1.24. The number of carboxylic acids is 1. The monoisotopic (exact) mass is 154 g/mol. The molecule has 5 nitrogen and oxygen atoms in total. The first-order valence-corrected chi connectivity index (χ1v) is 3.08. The van der Waals surface area contributed by atoms with Gasteiger partial charge in [0.1, 0.15) is 0 Å². The lowest BCUT2D eigenvalue weighted by molar-refractivity contribution is -0.144. The normalized spacial score (nSPS) is 16.7. The summed E-state index contributed by atoms with van der Waals surface area (Å²) < 4.78 is 21.6. The van der Waals surface area contributed by atoms with E-state index in [0.29, 0.717) is 0 Å². The second-order valence-corrected chi connectivity index (χ2v) is 1.92. The third kappa shape index (κ3) is 4.07. The van der Waals surface area contributed by atoms with Crippen molar-refractivity contribution in [3.63, 3.8) is 0 Å². The number of carboxylic acid groups (broad SMARTS) is 1. The van der Waals surface area contributed by atoms with Crippen LogP contribution in [0.25, 0.3) is 0 Å². The van der Waals surface area contributed by atoms with Crippen molar-refractivity contribution >= 4 is 17.3 Å². The average molecular weight is 154 g/mol. The molecule has 0 aromatic rings. The van der Waals surface area contributed by atoms with E-state index in [0.717, 1.165) is 6.92 Å². The molecule has 0 spiro atoms. The largest absolute Gasteiger partial charge is 0.479 e. The zero-order valence-corrected chi connectivity index (χ0v) is 5.42. The molecule has 2 atom stereocenters. The second kappa shape index (κ2) is 3.54. The van der Waals surface area contributed by atoms with E-state index in [2.05, 4.69) is 4.18 Å². The standard InChI is InChI=1S/C3H6O5S/c1-2(3(4)5)8-9(6)7/h2H,1H3,(H,4,5)(H,6,7). The van der Waals surface area contributed by atoms with Crippen LogP contribution in [0.3, 0.4) is 0 Å². The minimum absolute atomic E-state index is 1.16. The number of rotatable bonds is 3. The van der Waals surface area contributed by atoms with E-state index < -0.39 is 23.4 Å². The quantitative estimate of drug-likeness (QED) is 0.541. The molecule has 0 saturated carbocycles. The molecule has 0 radical (unpaired) electrons. The van der Waals surface area contributed by atoms with Gasteiger partial charge < -0.3 is 5.11 Å². The maximum atomic E-state index is 9.86. The van der Waals surface area contributed by atoms with Crippen molar-refractivity contribution < 1.29 is 22.8 Å². The van der Waals surface area contributed by atoms with Crippen molar-refractivity contribution in [2.24, 2.45) is 0 Å². The maximum Gasteiger partial charge on any atom is 0.334 e. The van der Waals surface area contributed by atoms with Crippen molar-refractivity contribution in [1.29, 1.82) is 0 Å². The van der Waals surface area contributed by atoms with Gasteiger partial charge in [-0.05, 0) is 6.92 Å². The molecule has 2 N–H and O–H groups in total. The average Bonchev–Trinajstić information content (AvgIpc) is 1.63. The van der Waals surface area contributed by atoms with E-state index in [1.54, 1.807) is 0 Å². The van der Waals surface area contributed by atoms with Gasteiger partial charge in [-0.3, -0.25) is 8.74 Å². The van der Waals surface area contributed by atoms with Crippen molar-refractivity contribution in [2.45, 2.75) is 13.0 Å². The van der Waals surface area contributed by atoms with Crippen molar-refractivity contribution in [3.05, 3.63) is 0 Å². The van der Waals surface area contributed by atoms with Crippen LogP contribution >= 0.6 is 0 Å². The Bertz CT molecular complexity index is 132. The van der Waals surface area contributed by atoms with Gasteiger partial charge >= 0.3 is 17.3 Å². The molecule has 0 saturated heterocycles. The fourth-order valence-electron chi connectivity index (χ4n) is 0.165. The van der Waals surface area contributed by atoms with Gasteiger partial charge in [0.25, 0.3) is 0 Å². The van der Waals surface area contributed by atoms with E-state index >= 15 is 0 Å². The summed E-state index contributed by atoms with van der Waals surface area (Å²) in [6, 6.07) is 0. The Balaban J connectivity index is 3.63. The molecule has 0 amide bonds. The molecule has 0 rings (SSSR count). The van der Waals surface area contributed by atoms with Gasteiger partial charge in [0, 0.05) is 0 Å². The highest BCUT2D eigenvalue weighted by Crippen LogP contribution is 1.91. The van der Waals surface area contributed by atoms with Crippen LogP contribution in [0.1, 0.15) is 6.92 Å². The van der Waals surface area contributed by atoms with Gasteiger partial charge in [0.2, 0.25) is 0 Å². The molecule has 0 bridgehead atoms. The van der Waals surface area contributed by atoms with Crippen LogP contribution in [0, 0.1) is 0 Å². The summed E-state index contributed by atoms with van der Waals surface area (Å²) >= 11 is -2.50. The molecule has 0 heterocycles. The van der Waals surface area contributed by atoms with Crippen LogP contribution in [0.5, 0.6) is 0 Å². The molecule has 0 aliphatic rings. The van der Waals surface area contributed by atoms with E-state index in [1.165, 1.54) is 0 Å². The lowest BCUT2D eigenvalue weighted by Crippen LogP contribution is -2.20. The summed E-state index contributed by atoms with van der Waals surface area (Å²) in [7, 11) is 0. The number of aliphatic carboxylic acids is 1. The first kappa shape index (κ1) is 8.54. The topological polar surface area (TPSA) is 83.8 Å². The van der Waals surface area contributed by atoms with Gasteiger partial charge in [0.15, 0.2) is 6.10 Å². The molecule has 54 valence electrons. The Morgan fingerprint density at radius 3 is 2.33 bits per heavy atom. The summed E-state index contributed by atoms with van der Waals surface area (Å²) in [5.41, 5.74) is 0. The minimum Gasteiger partial charge on any atom is -0.479 e. The summed E-state index contributed by atoms with van der Waals surface area (Å²) in [5.74, 6) is -1.27. The lowest BCUT2D eigenvalue weighted by Gasteiger charge is -2.00. The summed E-state index contributed by atoms with van der Waals surface area (Å²) in [6.45, 7) is 1.16. The van der Waals surface area contributed by atoms with Crippen LogP contribution in [0.15, 0.2) is 0 Å². The van der Waals surface area contributed by atoms with Crippen LogP contribution in [-0.4, -0.2) is 25.9 Å². The predicted octanol–water partition coefficient (Wildman–Crippen LogP) is -0.387. The van der Waals surface area contributed by atoms with Gasteiger partial charge in [0.05, 0.1) is 0 Å². The Hall–Kier alpha value is -0.460. The van der Waals surface area contributed by atoms with Crippen LogP contribution in [0.2, 0.25) is 0 Å². The van der Waals surface area contributed by atoms with Gasteiger partial charge in [-0.2, -0.15) is 4.21 Å². The number of hydrogen-bond donors (Lipinski definition) is 2. The third-order valence-corrected chi connectivity index (χ3v) is 1.03. The fraction of sp³-hybridized carbons (Fsp3) is 0.667. The lowest BCUT2D eigenvalue weighted by atomic mass is 10.4. The first-order valence-electron chi connectivity index (χ1n) is 2.05. The Labute approximate surface area is 54.1 Å². The number of hydrogen-bond acceptors (Lipinski definition) is 3. The Morgan fingerprint density at radius 2 is 2.22 bits per heavy atom. The van der Waals surface area contributed by atoms with Gasteiger partial charge in [-0.1, -0.05) is 0 Å². The van der Waals surface area contributed by atoms with E-state index in [-0.39, 0.29) is 0 Å². The fourth-order valence-corrected chi connectivity index (χ4v) is 0.494. The van der Waals surface area contributed by atoms with Gasteiger partial charge in [-0.25, -0.2) is 4.79 Å². The van der Waals surface area contributed by atoms with Crippen LogP contribution in [0.4, 0.5) is 0 Å². The van der Waals surface area contributed by atoms with E-state index in [4.69, 9.17) is 9.66 Å². The smallest absolute Gasteiger partial charge is 0.334 e. The van der Waals surface area contributed by atoms with Gasteiger partial charge in [-0.15, -0.1) is 0 Å². The molecular weight excluding hydrogens is 148 g/mol. The maximum absolute atomic E-state index is 9.86. The molecule has 0 aliphatic heterocycles. The molecule has 9 heavy (non-hydrogen) atoms.